The maximum Gasteiger partial charge on any atom is 0.243 e. The molecule has 0 aliphatic heterocycles. The lowest BCUT2D eigenvalue weighted by atomic mass is 10.2. The van der Waals surface area contributed by atoms with Crippen molar-refractivity contribution in [2.45, 2.75) is 29.9 Å². The van der Waals surface area contributed by atoms with Crippen LogP contribution in [0.2, 0.25) is 0 Å². The first-order valence-corrected chi connectivity index (χ1v) is 7.95. The van der Waals surface area contributed by atoms with Crippen LogP contribution < -0.4 is 11.1 Å². The Labute approximate surface area is 139 Å². The Morgan fingerprint density at radius 2 is 1.87 bits per heavy atom. The van der Waals surface area contributed by atoms with Gasteiger partial charge in [-0.25, -0.2) is 9.97 Å². The van der Waals surface area contributed by atoms with Gasteiger partial charge in [-0.05, 0) is 55.9 Å². The van der Waals surface area contributed by atoms with Gasteiger partial charge in [-0.15, -0.1) is 0 Å². The number of methoxy groups -OCH3 is 1. The molecule has 2 rings (SSSR count). The third-order valence-corrected chi connectivity index (χ3v) is 3.85. The second-order valence-electron chi connectivity index (χ2n) is 5.11. The van der Waals surface area contributed by atoms with Crippen LogP contribution in [0.15, 0.2) is 40.4 Å². The van der Waals surface area contributed by atoms with E-state index in [1.165, 1.54) is 18.9 Å². The van der Waals surface area contributed by atoms with E-state index in [0.29, 0.717) is 10.8 Å². The zero-order valence-corrected chi connectivity index (χ0v) is 14.2. The molecule has 1 aromatic carbocycles. The van der Waals surface area contributed by atoms with Crippen molar-refractivity contribution in [3.05, 3.63) is 41.7 Å². The van der Waals surface area contributed by atoms with Gasteiger partial charge in [0.05, 0.1) is 6.61 Å². The number of aromatic nitrogens is 2. The summed E-state index contributed by atoms with van der Waals surface area (Å²) in [7, 11) is 1.51. The number of hydrogen-bond donors (Lipinski definition) is 2. The molecule has 0 fully saturated rings. The molecule has 0 saturated carbocycles. The first-order chi connectivity index (χ1) is 11.0. The molecule has 1 unspecified atom stereocenters. The number of nitrogens with two attached hydrogens (primary N) is 1. The largest absolute Gasteiger partial charge is 0.383 e. The van der Waals surface area contributed by atoms with Gasteiger partial charge in [0.1, 0.15) is 6.04 Å². The van der Waals surface area contributed by atoms with Gasteiger partial charge < -0.3 is 15.8 Å². The summed E-state index contributed by atoms with van der Waals surface area (Å²) in [5.41, 5.74) is 8.25. The Morgan fingerprint density at radius 1 is 1.26 bits per heavy atom. The van der Waals surface area contributed by atoms with Crippen molar-refractivity contribution in [3.63, 3.8) is 0 Å². The Bertz CT molecular complexity index is 656. The van der Waals surface area contributed by atoms with E-state index in [1.807, 2.05) is 44.2 Å². The van der Waals surface area contributed by atoms with Crippen molar-refractivity contribution >= 4 is 23.4 Å². The van der Waals surface area contributed by atoms with Gasteiger partial charge in [-0.1, -0.05) is 0 Å². The minimum absolute atomic E-state index is 0.184. The molecular formula is C16H20N4O2S. The summed E-state index contributed by atoms with van der Waals surface area (Å²) in [6, 6.07) is 8.71. The third-order valence-electron chi connectivity index (χ3n) is 2.98. The molecule has 0 radical (unpaired) electrons. The highest BCUT2D eigenvalue weighted by molar-refractivity contribution is 7.99. The van der Waals surface area contributed by atoms with Crippen LogP contribution in [0, 0.1) is 13.8 Å². The standard InChI is InChI=1S/C16H20N4O2S/c1-10-8-11(2)19-16(18-10)23-13-6-4-12(5-7-13)20-15(21)14(17)9-22-3/h4-8,14H,9,17H2,1-3H3,(H,20,21). The lowest BCUT2D eigenvalue weighted by Gasteiger charge is -2.11. The maximum absolute atomic E-state index is 11.8. The second kappa shape index (κ2) is 8.05. The third kappa shape index (κ3) is 5.31. The molecule has 1 atom stereocenters. The number of rotatable bonds is 6. The summed E-state index contributed by atoms with van der Waals surface area (Å²) in [6.45, 7) is 4.07. The van der Waals surface area contributed by atoms with Crippen LogP contribution >= 0.6 is 11.8 Å². The first kappa shape index (κ1) is 17.4. The number of anilines is 1. The van der Waals surface area contributed by atoms with Gasteiger partial charge >= 0.3 is 0 Å². The van der Waals surface area contributed by atoms with Gasteiger partial charge in [0, 0.05) is 29.1 Å². The minimum Gasteiger partial charge on any atom is -0.383 e. The molecule has 122 valence electrons. The smallest absolute Gasteiger partial charge is 0.243 e. The highest BCUT2D eigenvalue weighted by atomic mass is 32.2. The molecule has 6 nitrogen and oxygen atoms in total. The van der Waals surface area contributed by atoms with E-state index in [1.54, 1.807) is 0 Å². The first-order valence-electron chi connectivity index (χ1n) is 7.13. The summed E-state index contributed by atoms with van der Waals surface area (Å²) in [5.74, 6) is -0.273. The van der Waals surface area contributed by atoms with Crippen LogP contribution in [0.25, 0.3) is 0 Å². The van der Waals surface area contributed by atoms with Crippen LogP contribution in [0.5, 0.6) is 0 Å². The van der Waals surface area contributed by atoms with Gasteiger partial charge in [0.15, 0.2) is 5.16 Å². The lowest BCUT2D eigenvalue weighted by molar-refractivity contribution is -0.118. The Hall–Kier alpha value is -1.96. The molecule has 2 aromatic rings. The van der Waals surface area contributed by atoms with Gasteiger partial charge in [-0.2, -0.15) is 0 Å². The normalized spacial score (nSPS) is 12.0. The highest BCUT2D eigenvalue weighted by Crippen LogP contribution is 2.26. The van der Waals surface area contributed by atoms with Crippen LogP contribution in [-0.2, 0) is 9.53 Å². The fourth-order valence-corrected chi connectivity index (χ4v) is 2.80. The van der Waals surface area contributed by atoms with E-state index >= 15 is 0 Å². The van der Waals surface area contributed by atoms with E-state index in [-0.39, 0.29) is 12.5 Å². The van der Waals surface area contributed by atoms with E-state index in [2.05, 4.69) is 15.3 Å². The SMILES string of the molecule is COCC(N)C(=O)Nc1ccc(Sc2nc(C)cc(C)n2)cc1. The molecule has 1 amide bonds. The van der Waals surface area contributed by atoms with E-state index in [4.69, 9.17) is 10.5 Å². The number of hydrogen-bond acceptors (Lipinski definition) is 6. The van der Waals surface area contributed by atoms with E-state index < -0.39 is 6.04 Å². The van der Waals surface area contributed by atoms with E-state index in [0.717, 1.165) is 16.3 Å². The molecule has 0 aliphatic rings. The summed E-state index contributed by atoms with van der Waals surface area (Å²) in [4.78, 5) is 21.6. The molecule has 3 N–H and O–H groups in total. The number of amides is 1. The van der Waals surface area contributed by atoms with Crippen molar-refractivity contribution in [1.29, 1.82) is 0 Å². The topological polar surface area (TPSA) is 90.1 Å². The van der Waals surface area contributed by atoms with Crippen LogP contribution in [-0.4, -0.2) is 35.6 Å². The molecule has 1 aromatic heterocycles. The number of carbonyl (C=O) groups excluding carboxylic acids is 1. The minimum atomic E-state index is -0.683. The molecule has 23 heavy (non-hydrogen) atoms. The molecule has 0 aliphatic carbocycles. The van der Waals surface area contributed by atoms with Crippen molar-refractivity contribution in [2.24, 2.45) is 5.73 Å². The summed E-state index contributed by atoms with van der Waals surface area (Å²) >= 11 is 1.48. The Kier molecular flexibility index (Phi) is 6.09. The van der Waals surface area contributed by atoms with Crippen LogP contribution in [0.3, 0.4) is 0 Å². The van der Waals surface area contributed by atoms with E-state index in [9.17, 15) is 4.79 Å². The summed E-state index contributed by atoms with van der Waals surface area (Å²) in [6.07, 6.45) is 0. The molecule has 7 heteroatoms. The Morgan fingerprint density at radius 3 is 2.43 bits per heavy atom. The fourth-order valence-electron chi connectivity index (χ4n) is 1.94. The Balaban J connectivity index is 2.00. The number of ether oxygens (including phenoxy) is 1. The van der Waals surface area contributed by atoms with Gasteiger partial charge in [-0.3, -0.25) is 4.79 Å². The van der Waals surface area contributed by atoms with Gasteiger partial charge in [0.25, 0.3) is 0 Å². The summed E-state index contributed by atoms with van der Waals surface area (Å²) < 4.78 is 4.86. The number of nitrogens with zero attached hydrogens (tertiary/aromatic N) is 2. The van der Waals surface area contributed by atoms with Crippen molar-refractivity contribution in [2.75, 3.05) is 19.0 Å². The van der Waals surface area contributed by atoms with Gasteiger partial charge in [0.2, 0.25) is 5.91 Å². The monoisotopic (exact) mass is 332 g/mol. The fraction of sp³-hybridized carbons (Fsp3) is 0.312. The quantitative estimate of drug-likeness (QED) is 0.788. The lowest BCUT2D eigenvalue weighted by Crippen LogP contribution is -2.39. The molecule has 0 saturated heterocycles. The van der Waals surface area contributed by atoms with Crippen LogP contribution in [0.4, 0.5) is 5.69 Å². The number of benzene rings is 1. The predicted molar refractivity (Wildman–Crippen MR) is 90.6 cm³/mol. The average molecular weight is 332 g/mol. The van der Waals surface area contributed by atoms with Crippen molar-refractivity contribution < 1.29 is 9.53 Å². The average Bonchev–Trinajstić information content (AvgIpc) is 2.48. The predicted octanol–water partition coefficient (Wildman–Crippen LogP) is 2.16. The highest BCUT2D eigenvalue weighted by Gasteiger charge is 2.13. The zero-order chi connectivity index (χ0) is 16.8. The number of carbonyl (C=O) groups is 1. The maximum atomic E-state index is 11.8. The number of aryl methyl sites for hydroxylation is 2. The number of nitrogens with one attached hydrogen (secondary N) is 1. The molecule has 0 bridgehead atoms. The molecule has 0 spiro atoms. The summed E-state index contributed by atoms with van der Waals surface area (Å²) in [5, 5.41) is 3.46. The molecular weight excluding hydrogens is 312 g/mol. The molecule has 1 heterocycles. The second-order valence-corrected chi connectivity index (χ2v) is 6.15. The van der Waals surface area contributed by atoms with Crippen molar-refractivity contribution in [3.8, 4) is 0 Å². The van der Waals surface area contributed by atoms with Crippen molar-refractivity contribution in [1.82, 2.24) is 9.97 Å². The zero-order valence-electron chi connectivity index (χ0n) is 13.4. The van der Waals surface area contributed by atoms with Crippen LogP contribution in [0.1, 0.15) is 11.4 Å².